The van der Waals surface area contributed by atoms with Crippen LogP contribution < -0.4 is 5.73 Å². The molecule has 0 aromatic carbocycles. The average molecular weight is 301 g/mol. The maximum atomic E-state index is 9.00. The van der Waals surface area contributed by atoms with Gasteiger partial charge in [-0.2, -0.15) is 0 Å². The fourth-order valence-electron chi connectivity index (χ4n) is 0. The summed E-state index contributed by atoms with van der Waals surface area (Å²) >= 11 is 0. The summed E-state index contributed by atoms with van der Waals surface area (Å²) in [5, 5.41) is 37.4. The molecule has 0 heterocycles. The van der Waals surface area contributed by atoms with E-state index in [-0.39, 0.29) is 6.61 Å². The minimum Gasteiger partial charge on any atom is -0.481 e. The van der Waals surface area contributed by atoms with Crippen molar-refractivity contribution in [1.82, 2.24) is 0 Å². The number of carboxylic acid groups (broad SMARTS) is 4. The lowest BCUT2D eigenvalue weighted by Crippen LogP contribution is -2.02. The number of rotatable bonds is 1. The standard InChI is InChI=1S/C2H7NO.4C2H4O2/c3-1-2-4;4*1-2(3)4/h4H,1-3H2;4*1H3,(H,3,4). The predicted molar refractivity (Wildman–Crippen MR) is 69.4 cm³/mol. The van der Waals surface area contributed by atoms with Gasteiger partial charge in [0.25, 0.3) is 23.9 Å². The molecule has 0 aromatic rings. The van der Waals surface area contributed by atoms with Crippen LogP contribution in [0.4, 0.5) is 0 Å². The molecule has 10 heteroatoms. The van der Waals surface area contributed by atoms with Gasteiger partial charge in [0.15, 0.2) is 0 Å². The topological polar surface area (TPSA) is 195 Å². The number of aliphatic carboxylic acids is 4. The van der Waals surface area contributed by atoms with E-state index in [1.807, 2.05) is 0 Å². The first-order valence-electron chi connectivity index (χ1n) is 4.94. The minimum atomic E-state index is -0.833. The van der Waals surface area contributed by atoms with E-state index in [4.69, 9.17) is 50.4 Å². The highest BCUT2D eigenvalue weighted by atomic mass is 16.4. The van der Waals surface area contributed by atoms with Crippen molar-refractivity contribution in [2.75, 3.05) is 13.2 Å². The van der Waals surface area contributed by atoms with Crippen LogP contribution in [0.5, 0.6) is 0 Å². The lowest BCUT2D eigenvalue weighted by Gasteiger charge is -1.71. The Hall–Kier alpha value is -2.20. The molecule has 0 aromatic heterocycles. The van der Waals surface area contributed by atoms with Crippen molar-refractivity contribution in [3.63, 3.8) is 0 Å². The van der Waals surface area contributed by atoms with Crippen LogP contribution in [0.1, 0.15) is 27.7 Å². The van der Waals surface area contributed by atoms with Crippen molar-refractivity contribution in [2.45, 2.75) is 27.7 Å². The summed E-state index contributed by atoms with van der Waals surface area (Å²) in [6.07, 6.45) is 0. The molecule has 0 atom stereocenters. The smallest absolute Gasteiger partial charge is 0.300 e. The summed E-state index contributed by atoms with van der Waals surface area (Å²) in [5.74, 6) is -3.33. The zero-order valence-electron chi connectivity index (χ0n) is 11.9. The van der Waals surface area contributed by atoms with E-state index in [1.54, 1.807) is 0 Å². The van der Waals surface area contributed by atoms with E-state index >= 15 is 0 Å². The van der Waals surface area contributed by atoms with Crippen LogP contribution in [-0.2, 0) is 19.2 Å². The summed E-state index contributed by atoms with van der Waals surface area (Å²) in [6.45, 7) is 4.81. The predicted octanol–water partition coefficient (Wildman–Crippen LogP) is -0.699. The molecule has 0 amide bonds. The Morgan fingerprint density at radius 1 is 0.700 bits per heavy atom. The third-order valence-corrected chi connectivity index (χ3v) is 0.129. The molecule has 0 bridgehead atoms. The molecule has 0 rings (SSSR count). The third kappa shape index (κ3) is 2400. The quantitative estimate of drug-likeness (QED) is 0.360. The fourth-order valence-corrected chi connectivity index (χ4v) is 0. The van der Waals surface area contributed by atoms with Gasteiger partial charge in [-0.15, -0.1) is 0 Å². The number of hydrogen-bond donors (Lipinski definition) is 6. The molecular formula is C10H23NO9. The largest absolute Gasteiger partial charge is 0.481 e. The summed E-state index contributed by atoms with van der Waals surface area (Å²) in [4.78, 5) is 36.0. The second-order valence-electron chi connectivity index (χ2n) is 2.59. The number of carbonyl (C=O) groups is 4. The van der Waals surface area contributed by atoms with E-state index in [0.717, 1.165) is 27.7 Å². The van der Waals surface area contributed by atoms with Crippen LogP contribution in [-0.4, -0.2) is 62.6 Å². The van der Waals surface area contributed by atoms with Gasteiger partial charge >= 0.3 is 0 Å². The highest BCUT2D eigenvalue weighted by molar-refractivity contribution is 5.63. The van der Waals surface area contributed by atoms with Gasteiger partial charge in [-0.1, -0.05) is 0 Å². The Balaban J connectivity index is -0.0000000469. The maximum absolute atomic E-state index is 9.00. The first-order chi connectivity index (χ1) is 8.84. The van der Waals surface area contributed by atoms with Gasteiger partial charge in [-0.05, 0) is 0 Å². The molecule has 0 spiro atoms. The van der Waals surface area contributed by atoms with Crippen LogP contribution in [0.2, 0.25) is 0 Å². The van der Waals surface area contributed by atoms with Gasteiger partial charge in [0.05, 0.1) is 6.61 Å². The molecule has 10 nitrogen and oxygen atoms in total. The molecule has 0 aliphatic heterocycles. The van der Waals surface area contributed by atoms with E-state index in [2.05, 4.69) is 0 Å². The van der Waals surface area contributed by atoms with Gasteiger partial charge in [0.1, 0.15) is 0 Å². The Bertz CT molecular complexity index is 187. The van der Waals surface area contributed by atoms with E-state index in [9.17, 15) is 0 Å². The molecule has 7 N–H and O–H groups in total. The molecule has 0 aliphatic carbocycles. The van der Waals surface area contributed by atoms with Gasteiger partial charge in [0.2, 0.25) is 0 Å². The molecule has 0 radical (unpaired) electrons. The molecule has 0 aliphatic rings. The SMILES string of the molecule is CC(=O)O.CC(=O)O.CC(=O)O.CC(=O)O.NCCO. The minimum absolute atomic E-state index is 0.0972. The zero-order valence-corrected chi connectivity index (χ0v) is 11.9. The number of hydrogen-bond acceptors (Lipinski definition) is 6. The number of aliphatic hydroxyl groups excluding tert-OH is 1. The van der Waals surface area contributed by atoms with Crippen LogP contribution in [0, 0.1) is 0 Å². The zero-order chi connectivity index (χ0) is 17.7. The number of carboxylic acids is 4. The van der Waals surface area contributed by atoms with Crippen molar-refractivity contribution >= 4 is 23.9 Å². The van der Waals surface area contributed by atoms with Crippen molar-refractivity contribution in [1.29, 1.82) is 0 Å². The van der Waals surface area contributed by atoms with Crippen LogP contribution in [0.3, 0.4) is 0 Å². The first-order valence-corrected chi connectivity index (χ1v) is 4.94. The summed E-state index contributed by atoms with van der Waals surface area (Å²) < 4.78 is 0. The maximum Gasteiger partial charge on any atom is 0.300 e. The fraction of sp³-hybridized carbons (Fsp3) is 0.600. The van der Waals surface area contributed by atoms with Gasteiger partial charge < -0.3 is 31.3 Å². The lowest BCUT2D eigenvalue weighted by atomic mass is 10.8. The van der Waals surface area contributed by atoms with E-state index in [0.29, 0.717) is 6.54 Å². The number of aliphatic hydroxyl groups is 1. The molecule has 0 saturated carbocycles. The Morgan fingerprint density at radius 3 is 0.750 bits per heavy atom. The van der Waals surface area contributed by atoms with Crippen molar-refractivity contribution in [3.05, 3.63) is 0 Å². The van der Waals surface area contributed by atoms with E-state index < -0.39 is 23.9 Å². The van der Waals surface area contributed by atoms with Crippen LogP contribution >= 0.6 is 0 Å². The molecule has 20 heavy (non-hydrogen) atoms. The molecular weight excluding hydrogens is 278 g/mol. The summed E-state index contributed by atoms with van der Waals surface area (Å²) in [5.41, 5.74) is 4.78. The first kappa shape index (κ1) is 30.7. The molecule has 122 valence electrons. The Labute approximate surface area is 116 Å². The molecule has 0 saturated heterocycles. The monoisotopic (exact) mass is 301 g/mol. The van der Waals surface area contributed by atoms with Gasteiger partial charge in [-0.3, -0.25) is 19.2 Å². The highest BCUT2D eigenvalue weighted by Gasteiger charge is 1.66. The second kappa shape index (κ2) is 30.1. The van der Waals surface area contributed by atoms with E-state index in [1.165, 1.54) is 0 Å². The van der Waals surface area contributed by atoms with Gasteiger partial charge in [-0.25, -0.2) is 0 Å². The Kier molecular flexibility index (Phi) is 46.2. The van der Waals surface area contributed by atoms with Crippen molar-refractivity contribution in [3.8, 4) is 0 Å². The average Bonchev–Trinajstić information content (AvgIpc) is 2.13. The van der Waals surface area contributed by atoms with Crippen molar-refractivity contribution < 1.29 is 44.7 Å². The summed E-state index contributed by atoms with van der Waals surface area (Å²) in [6, 6.07) is 0. The van der Waals surface area contributed by atoms with Crippen molar-refractivity contribution in [2.24, 2.45) is 5.73 Å². The number of nitrogens with two attached hydrogens (primary N) is 1. The van der Waals surface area contributed by atoms with Crippen LogP contribution in [0.25, 0.3) is 0 Å². The normalized spacial score (nSPS) is 6.50. The summed E-state index contributed by atoms with van der Waals surface area (Å²) in [7, 11) is 0. The Morgan fingerprint density at radius 2 is 0.750 bits per heavy atom. The molecule has 0 fully saturated rings. The molecule has 0 unspecified atom stereocenters. The highest BCUT2D eigenvalue weighted by Crippen LogP contribution is 1.43. The van der Waals surface area contributed by atoms with Crippen LogP contribution in [0.15, 0.2) is 0 Å². The third-order valence-electron chi connectivity index (χ3n) is 0.129. The lowest BCUT2D eigenvalue weighted by molar-refractivity contribution is -0.135. The second-order valence-corrected chi connectivity index (χ2v) is 2.59. The van der Waals surface area contributed by atoms with Gasteiger partial charge in [0, 0.05) is 34.2 Å².